The minimum absolute atomic E-state index is 0.00760. The van der Waals surface area contributed by atoms with Gasteiger partial charge in [-0.15, -0.1) is 0 Å². The summed E-state index contributed by atoms with van der Waals surface area (Å²) in [6.07, 6.45) is 8.69. The van der Waals surface area contributed by atoms with Gasteiger partial charge < -0.3 is 14.3 Å². The maximum absolute atomic E-state index is 13.8. The summed E-state index contributed by atoms with van der Waals surface area (Å²) in [6, 6.07) is 1.88. The maximum atomic E-state index is 13.8. The van der Waals surface area contributed by atoms with Gasteiger partial charge >= 0.3 is 0 Å². The first-order valence-corrected chi connectivity index (χ1v) is 12.3. The highest BCUT2D eigenvalue weighted by Gasteiger charge is 2.70. The summed E-state index contributed by atoms with van der Waals surface area (Å²) in [5.41, 5.74) is -0.0278. The Bertz CT molecular complexity index is 1060. The number of carbonyl (C=O) groups is 2. The summed E-state index contributed by atoms with van der Waals surface area (Å²) in [4.78, 5) is 26.6. The molecular formula is C28H36O5. The summed E-state index contributed by atoms with van der Waals surface area (Å²) in [6.45, 7) is 12.9. The van der Waals surface area contributed by atoms with Crippen LogP contribution >= 0.6 is 0 Å². The highest BCUT2D eigenvalue weighted by molar-refractivity contribution is 6.04. The van der Waals surface area contributed by atoms with Gasteiger partial charge in [0.15, 0.2) is 11.5 Å². The molecule has 5 nitrogen and oxygen atoms in total. The fourth-order valence-electron chi connectivity index (χ4n) is 8.51. The van der Waals surface area contributed by atoms with E-state index in [9.17, 15) is 14.7 Å². The van der Waals surface area contributed by atoms with Crippen LogP contribution < -0.4 is 0 Å². The van der Waals surface area contributed by atoms with E-state index in [0.29, 0.717) is 18.8 Å². The fourth-order valence-corrected chi connectivity index (χ4v) is 8.51. The smallest absolute Gasteiger partial charge is 0.205 e. The van der Waals surface area contributed by atoms with Crippen LogP contribution in [0.1, 0.15) is 72.3 Å². The molecule has 5 rings (SSSR count). The van der Waals surface area contributed by atoms with Crippen LogP contribution in [0.5, 0.6) is 0 Å². The van der Waals surface area contributed by atoms with E-state index in [1.807, 2.05) is 26.8 Å². The molecule has 2 saturated carbocycles. The van der Waals surface area contributed by atoms with Crippen LogP contribution in [-0.4, -0.2) is 29.4 Å². The zero-order chi connectivity index (χ0) is 24.0. The molecule has 33 heavy (non-hydrogen) atoms. The van der Waals surface area contributed by atoms with Crippen molar-refractivity contribution < 1.29 is 23.8 Å². The standard InChI is InChI=1S/C28H36O5/c1-7-33-23-22(31)21(16-10-13-32-15-16)27(5)11-8-17-26(4)12-9-19(29)25(2,3)18(26)14-20(30)28(17,6)24(23)27/h9-10,12-13,15,17-18,20-21,30H,7-8,11,14H2,1-6H3/t17-,18?,20?,21?,26-,27-,28+/m1/s1. The predicted molar refractivity (Wildman–Crippen MR) is 124 cm³/mol. The van der Waals surface area contributed by atoms with Crippen molar-refractivity contribution in [3.8, 4) is 0 Å². The summed E-state index contributed by atoms with van der Waals surface area (Å²) < 4.78 is 11.4. The van der Waals surface area contributed by atoms with Crippen molar-refractivity contribution in [2.24, 2.45) is 33.5 Å². The summed E-state index contributed by atoms with van der Waals surface area (Å²) >= 11 is 0. The van der Waals surface area contributed by atoms with E-state index in [1.165, 1.54) is 0 Å². The minimum Gasteiger partial charge on any atom is -0.490 e. The number of ketones is 2. The van der Waals surface area contributed by atoms with Gasteiger partial charge in [-0.25, -0.2) is 0 Å². The molecule has 1 aromatic heterocycles. The quantitative estimate of drug-likeness (QED) is 0.681. The van der Waals surface area contributed by atoms with Crippen LogP contribution in [0.2, 0.25) is 0 Å². The first kappa shape index (κ1) is 22.6. The number of furan rings is 1. The molecule has 1 aromatic rings. The molecule has 0 radical (unpaired) electrons. The van der Waals surface area contributed by atoms with Crippen molar-refractivity contribution in [3.63, 3.8) is 0 Å². The summed E-state index contributed by atoms with van der Waals surface area (Å²) in [5, 5.41) is 11.8. The molecular weight excluding hydrogens is 416 g/mol. The molecule has 0 aliphatic heterocycles. The predicted octanol–water partition coefficient (Wildman–Crippen LogP) is 5.21. The van der Waals surface area contributed by atoms with Gasteiger partial charge in [0, 0.05) is 21.8 Å². The molecule has 4 aliphatic rings. The lowest BCUT2D eigenvalue weighted by Crippen LogP contribution is -2.63. The van der Waals surface area contributed by atoms with Gasteiger partial charge in [0.1, 0.15) is 0 Å². The lowest BCUT2D eigenvalue weighted by molar-refractivity contribution is -0.164. The van der Waals surface area contributed by atoms with E-state index >= 15 is 0 Å². The van der Waals surface area contributed by atoms with Crippen LogP contribution in [0.25, 0.3) is 0 Å². The molecule has 0 saturated heterocycles. The average molecular weight is 453 g/mol. The van der Waals surface area contributed by atoms with Crippen LogP contribution in [0, 0.1) is 33.5 Å². The second-order valence-electron chi connectivity index (χ2n) is 11.9. The number of carbonyl (C=O) groups excluding carboxylic acids is 2. The zero-order valence-corrected chi connectivity index (χ0v) is 20.6. The van der Waals surface area contributed by atoms with Gasteiger partial charge in [-0.2, -0.15) is 0 Å². The Labute approximate surface area is 196 Å². The monoisotopic (exact) mass is 452 g/mol. The molecule has 1 N–H and O–H groups in total. The lowest BCUT2D eigenvalue weighted by Gasteiger charge is -2.65. The van der Waals surface area contributed by atoms with Crippen molar-refractivity contribution in [2.45, 2.75) is 72.8 Å². The molecule has 0 amide bonds. The van der Waals surface area contributed by atoms with Crippen molar-refractivity contribution >= 4 is 11.6 Å². The van der Waals surface area contributed by atoms with Gasteiger partial charge in [-0.3, -0.25) is 9.59 Å². The number of aliphatic hydroxyl groups excluding tert-OH is 1. The Balaban J connectivity index is 1.71. The Morgan fingerprint density at radius 2 is 1.88 bits per heavy atom. The Kier molecular flexibility index (Phi) is 4.76. The summed E-state index contributed by atoms with van der Waals surface area (Å²) in [7, 11) is 0. The van der Waals surface area contributed by atoms with E-state index in [0.717, 1.165) is 24.0 Å². The van der Waals surface area contributed by atoms with Crippen molar-refractivity contribution in [1.82, 2.24) is 0 Å². The van der Waals surface area contributed by atoms with Gasteiger partial charge in [-0.1, -0.05) is 40.7 Å². The van der Waals surface area contributed by atoms with Gasteiger partial charge in [0.05, 0.1) is 31.2 Å². The number of hydrogen-bond donors (Lipinski definition) is 1. The van der Waals surface area contributed by atoms with Crippen molar-refractivity contribution in [1.29, 1.82) is 0 Å². The normalized spacial score (nSPS) is 43.8. The molecule has 0 aromatic carbocycles. The second-order valence-corrected chi connectivity index (χ2v) is 11.9. The molecule has 4 aliphatic carbocycles. The van der Waals surface area contributed by atoms with Crippen LogP contribution in [0.15, 0.2) is 46.5 Å². The molecule has 7 atom stereocenters. The average Bonchev–Trinajstić information content (AvgIpc) is 3.33. The molecule has 2 fully saturated rings. The van der Waals surface area contributed by atoms with Crippen molar-refractivity contribution in [2.75, 3.05) is 6.61 Å². The highest BCUT2D eigenvalue weighted by atomic mass is 16.5. The van der Waals surface area contributed by atoms with E-state index in [-0.39, 0.29) is 34.7 Å². The van der Waals surface area contributed by atoms with Crippen LogP contribution in [0.4, 0.5) is 0 Å². The van der Waals surface area contributed by atoms with E-state index in [4.69, 9.17) is 9.15 Å². The first-order valence-electron chi connectivity index (χ1n) is 12.3. The highest BCUT2D eigenvalue weighted by Crippen LogP contribution is 2.73. The summed E-state index contributed by atoms with van der Waals surface area (Å²) in [5.74, 6) is 0.325. The molecule has 0 spiro atoms. The van der Waals surface area contributed by atoms with Gasteiger partial charge in [-0.05, 0) is 61.2 Å². The number of rotatable bonds is 3. The molecule has 1 heterocycles. The third kappa shape index (κ3) is 2.63. The Hall–Kier alpha value is -2.14. The van der Waals surface area contributed by atoms with Gasteiger partial charge in [0.2, 0.25) is 5.78 Å². The zero-order valence-electron chi connectivity index (χ0n) is 20.6. The first-order chi connectivity index (χ1) is 15.4. The second kappa shape index (κ2) is 6.94. The largest absolute Gasteiger partial charge is 0.490 e. The fraction of sp³-hybridized carbons (Fsp3) is 0.643. The lowest BCUT2D eigenvalue weighted by atomic mass is 9.38. The molecule has 0 bridgehead atoms. The Morgan fingerprint density at radius 3 is 2.52 bits per heavy atom. The number of ether oxygens (including phenoxy) is 1. The minimum atomic E-state index is -0.667. The number of hydrogen-bond acceptors (Lipinski definition) is 5. The Morgan fingerprint density at radius 1 is 1.15 bits per heavy atom. The molecule has 3 unspecified atom stereocenters. The van der Waals surface area contributed by atoms with E-state index in [2.05, 4.69) is 26.8 Å². The van der Waals surface area contributed by atoms with E-state index in [1.54, 1.807) is 18.6 Å². The maximum Gasteiger partial charge on any atom is 0.205 e. The SMILES string of the molecule is CCOC1=C2[C@](C)(CC[C@@H]3[C@@]4(C)C=CC(=O)C(C)(C)C4CC(O)[C@@]23C)C(c2ccoc2)C1=O. The molecule has 5 heteroatoms. The number of aliphatic hydroxyl groups is 1. The third-order valence-corrected chi connectivity index (χ3v) is 10.1. The van der Waals surface area contributed by atoms with Crippen LogP contribution in [0.3, 0.4) is 0 Å². The van der Waals surface area contributed by atoms with E-state index < -0.39 is 22.3 Å². The number of allylic oxidation sites excluding steroid dienone is 3. The number of fused-ring (bicyclic) bond motifs is 5. The van der Waals surface area contributed by atoms with Crippen molar-refractivity contribution in [3.05, 3.63) is 47.6 Å². The molecule has 178 valence electrons. The topological polar surface area (TPSA) is 76.7 Å². The number of Topliss-reactive ketones (excluding diaryl/α,β-unsaturated/α-hetero) is 1. The van der Waals surface area contributed by atoms with Gasteiger partial charge in [0.25, 0.3) is 0 Å². The van der Waals surface area contributed by atoms with Crippen LogP contribution in [-0.2, 0) is 14.3 Å². The third-order valence-electron chi connectivity index (χ3n) is 10.1.